The summed E-state index contributed by atoms with van der Waals surface area (Å²) < 4.78 is 5.09. The van der Waals surface area contributed by atoms with Gasteiger partial charge < -0.3 is 10.1 Å². The van der Waals surface area contributed by atoms with E-state index >= 15 is 0 Å². The Balaban J connectivity index is 1.84. The van der Waals surface area contributed by atoms with E-state index in [1.54, 1.807) is 36.8 Å². The quantitative estimate of drug-likeness (QED) is 0.425. The molecule has 3 rings (SSSR count). The zero-order valence-electron chi connectivity index (χ0n) is 18.2. The predicted molar refractivity (Wildman–Crippen MR) is 126 cm³/mol. The van der Waals surface area contributed by atoms with Crippen molar-refractivity contribution in [1.82, 2.24) is 4.98 Å². The van der Waals surface area contributed by atoms with Gasteiger partial charge in [-0.3, -0.25) is 14.5 Å². The first-order chi connectivity index (χ1) is 15.3. The lowest BCUT2D eigenvalue weighted by molar-refractivity contribution is -0.116. The second kappa shape index (κ2) is 9.90. The van der Waals surface area contributed by atoms with Gasteiger partial charge in [0.25, 0.3) is 5.91 Å². The zero-order valence-corrected chi connectivity index (χ0v) is 19.0. The summed E-state index contributed by atoms with van der Waals surface area (Å²) in [6.07, 6.45) is 1.40. The number of carbonyl (C=O) groups is 2. The summed E-state index contributed by atoms with van der Waals surface area (Å²) in [4.78, 5) is 30.8. The molecule has 0 spiro atoms. The zero-order chi connectivity index (χ0) is 23.3. The average molecular weight is 447 g/mol. The Bertz CT molecular complexity index is 1220. The minimum Gasteiger partial charge on any atom is -0.497 e. The predicted octanol–water partition coefficient (Wildman–Crippen LogP) is 5.00. The van der Waals surface area contributed by atoms with Crippen molar-refractivity contribution >= 4 is 45.7 Å². The Morgan fingerprint density at radius 2 is 1.88 bits per heavy atom. The summed E-state index contributed by atoms with van der Waals surface area (Å²) >= 11 is 1.26. The van der Waals surface area contributed by atoms with Crippen molar-refractivity contribution in [3.63, 3.8) is 0 Å². The number of aryl methyl sites for hydroxylation is 2. The van der Waals surface area contributed by atoms with Crippen molar-refractivity contribution in [3.05, 3.63) is 70.2 Å². The van der Waals surface area contributed by atoms with Gasteiger partial charge in [-0.1, -0.05) is 6.07 Å². The van der Waals surface area contributed by atoms with Crippen LogP contribution < -0.4 is 15.0 Å². The lowest BCUT2D eigenvalue weighted by atomic mass is 10.1. The SMILES string of the molecule is COc1ccc(NC(=O)/C(C#N)=C/c2csc(N(C(C)=O)c3ccc(C)c(C)c3)n2)cc1. The number of nitrogens with zero attached hydrogens (tertiary/aromatic N) is 3. The van der Waals surface area contributed by atoms with Crippen LogP contribution in [0.3, 0.4) is 0 Å². The van der Waals surface area contributed by atoms with Crippen LogP contribution >= 0.6 is 11.3 Å². The fourth-order valence-corrected chi connectivity index (χ4v) is 3.75. The molecule has 0 unspecified atom stereocenters. The Hall–Kier alpha value is -3.96. The van der Waals surface area contributed by atoms with Crippen LogP contribution in [0.15, 0.2) is 53.4 Å². The van der Waals surface area contributed by atoms with Crippen molar-refractivity contribution < 1.29 is 14.3 Å². The number of aromatic nitrogens is 1. The minimum atomic E-state index is -0.551. The van der Waals surface area contributed by atoms with Crippen LogP contribution in [0.4, 0.5) is 16.5 Å². The Labute approximate surface area is 190 Å². The number of thiazole rings is 1. The Morgan fingerprint density at radius 3 is 2.47 bits per heavy atom. The van der Waals surface area contributed by atoms with Crippen molar-refractivity contribution in [2.45, 2.75) is 20.8 Å². The van der Waals surface area contributed by atoms with E-state index in [-0.39, 0.29) is 11.5 Å². The molecule has 0 aliphatic carbocycles. The number of nitriles is 1. The monoisotopic (exact) mass is 446 g/mol. The first kappa shape index (κ1) is 22.7. The number of methoxy groups -OCH3 is 1. The Morgan fingerprint density at radius 1 is 1.16 bits per heavy atom. The third kappa shape index (κ3) is 5.20. The summed E-state index contributed by atoms with van der Waals surface area (Å²) in [5, 5.41) is 14.3. The van der Waals surface area contributed by atoms with Gasteiger partial charge in [-0.15, -0.1) is 11.3 Å². The highest BCUT2D eigenvalue weighted by molar-refractivity contribution is 7.14. The molecule has 1 heterocycles. The number of nitrogens with one attached hydrogen (secondary N) is 1. The standard InChI is InChI=1S/C24H22N4O3S/c1-15-5-8-21(11-16(15)2)28(17(3)29)24-27-20(14-32-24)12-18(13-25)23(30)26-19-6-9-22(31-4)10-7-19/h5-12,14H,1-4H3,(H,26,30)/b18-12+. The molecule has 8 heteroatoms. The second-order valence-corrected chi connectivity index (χ2v) is 7.87. The number of carbonyl (C=O) groups excluding carboxylic acids is 2. The molecule has 0 bridgehead atoms. The molecule has 2 amide bonds. The molecule has 0 atom stereocenters. The summed E-state index contributed by atoms with van der Waals surface area (Å²) in [6, 6.07) is 14.4. The summed E-state index contributed by atoms with van der Waals surface area (Å²) in [5.41, 5.74) is 3.75. The number of rotatable bonds is 6. The summed E-state index contributed by atoms with van der Waals surface area (Å²) in [7, 11) is 1.56. The van der Waals surface area contributed by atoms with Gasteiger partial charge in [0, 0.05) is 18.0 Å². The molecule has 162 valence electrons. The third-order valence-electron chi connectivity index (χ3n) is 4.77. The van der Waals surface area contributed by atoms with Crippen LogP contribution in [0, 0.1) is 25.2 Å². The molecule has 0 saturated carbocycles. The van der Waals surface area contributed by atoms with Gasteiger partial charge in [-0.05, 0) is 67.4 Å². The lowest BCUT2D eigenvalue weighted by Gasteiger charge is -2.19. The molecule has 0 aliphatic heterocycles. The van der Waals surface area contributed by atoms with E-state index < -0.39 is 5.91 Å². The lowest BCUT2D eigenvalue weighted by Crippen LogP contribution is -2.22. The molecule has 32 heavy (non-hydrogen) atoms. The summed E-state index contributed by atoms with van der Waals surface area (Å²) in [6.45, 7) is 5.45. The molecular formula is C24H22N4O3S. The normalized spacial score (nSPS) is 10.9. The number of amides is 2. The van der Waals surface area contributed by atoms with Crippen LogP contribution in [0.25, 0.3) is 6.08 Å². The van der Waals surface area contributed by atoms with Gasteiger partial charge in [-0.25, -0.2) is 4.98 Å². The summed E-state index contributed by atoms with van der Waals surface area (Å²) in [5.74, 6) is -0.0754. The van der Waals surface area contributed by atoms with Crippen molar-refractivity contribution in [2.24, 2.45) is 0 Å². The van der Waals surface area contributed by atoms with Crippen LogP contribution in [0.2, 0.25) is 0 Å². The van der Waals surface area contributed by atoms with E-state index in [1.807, 2.05) is 38.1 Å². The van der Waals surface area contributed by atoms with E-state index in [0.717, 1.165) is 11.1 Å². The van der Waals surface area contributed by atoms with Crippen molar-refractivity contribution in [1.29, 1.82) is 5.26 Å². The number of benzene rings is 2. The molecule has 0 fully saturated rings. The fourth-order valence-electron chi connectivity index (χ4n) is 2.91. The molecule has 0 saturated heterocycles. The first-order valence-corrected chi connectivity index (χ1v) is 10.6. The molecule has 2 aromatic carbocycles. The van der Waals surface area contributed by atoms with Gasteiger partial charge >= 0.3 is 0 Å². The highest BCUT2D eigenvalue weighted by atomic mass is 32.1. The van der Waals surface area contributed by atoms with Gasteiger partial charge in [0.2, 0.25) is 5.91 Å². The highest BCUT2D eigenvalue weighted by Gasteiger charge is 2.19. The molecule has 3 aromatic rings. The van der Waals surface area contributed by atoms with E-state index in [4.69, 9.17) is 4.74 Å². The number of hydrogen-bond acceptors (Lipinski definition) is 6. The van der Waals surface area contributed by atoms with Crippen molar-refractivity contribution in [2.75, 3.05) is 17.3 Å². The number of anilines is 3. The Kier molecular flexibility index (Phi) is 7.03. The average Bonchev–Trinajstić information content (AvgIpc) is 3.22. The molecular weight excluding hydrogens is 424 g/mol. The van der Waals surface area contributed by atoms with E-state index in [9.17, 15) is 14.9 Å². The number of hydrogen-bond donors (Lipinski definition) is 1. The van der Waals surface area contributed by atoms with Crippen LogP contribution in [-0.2, 0) is 9.59 Å². The maximum atomic E-state index is 12.5. The second-order valence-electron chi connectivity index (χ2n) is 7.03. The fraction of sp³-hybridized carbons (Fsp3) is 0.167. The molecule has 0 aliphatic rings. The van der Waals surface area contributed by atoms with Crippen molar-refractivity contribution in [3.8, 4) is 11.8 Å². The number of ether oxygens (including phenoxy) is 1. The van der Waals surface area contributed by atoms with E-state index in [2.05, 4.69) is 10.3 Å². The topological polar surface area (TPSA) is 95.3 Å². The van der Waals surface area contributed by atoms with Crippen LogP contribution in [-0.4, -0.2) is 23.9 Å². The van der Waals surface area contributed by atoms with Crippen LogP contribution in [0.5, 0.6) is 5.75 Å². The maximum Gasteiger partial charge on any atom is 0.266 e. The van der Waals surface area contributed by atoms with E-state index in [0.29, 0.717) is 27.9 Å². The molecule has 7 nitrogen and oxygen atoms in total. The van der Waals surface area contributed by atoms with Crippen LogP contribution in [0.1, 0.15) is 23.7 Å². The van der Waals surface area contributed by atoms with E-state index in [1.165, 1.54) is 29.2 Å². The highest BCUT2D eigenvalue weighted by Crippen LogP contribution is 2.30. The maximum absolute atomic E-state index is 12.5. The first-order valence-electron chi connectivity index (χ1n) is 9.73. The largest absolute Gasteiger partial charge is 0.497 e. The van der Waals surface area contributed by atoms with Gasteiger partial charge in [0.1, 0.15) is 17.4 Å². The van der Waals surface area contributed by atoms with Gasteiger partial charge in [0.05, 0.1) is 18.5 Å². The van der Waals surface area contributed by atoms with Gasteiger partial charge in [-0.2, -0.15) is 5.26 Å². The third-order valence-corrected chi connectivity index (χ3v) is 5.61. The minimum absolute atomic E-state index is 0.0989. The molecule has 0 radical (unpaired) electrons. The smallest absolute Gasteiger partial charge is 0.266 e. The molecule has 1 N–H and O–H groups in total. The molecule has 1 aromatic heterocycles. The van der Waals surface area contributed by atoms with Gasteiger partial charge in [0.15, 0.2) is 5.13 Å².